The number of halogens is 2. The van der Waals surface area contributed by atoms with Gasteiger partial charge in [0.05, 0.1) is 36.9 Å². The van der Waals surface area contributed by atoms with Gasteiger partial charge in [-0.2, -0.15) is 10.1 Å². The van der Waals surface area contributed by atoms with Crippen molar-refractivity contribution in [3.05, 3.63) is 71.3 Å². The number of benzene rings is 2. The number of Topliss-reactive ketones (excluding diaryl/α,β-unsaturated/α-hetero) is 2. The van der Waals surface area contributed by atoms with E-state index in [0.717, 1.165) is 40.0 Å². The summed E-state index contributed by atoms with van der Waals surface area (Å²) < 4.78 is 45.9. The Morgan fingerprint density at radius 1 is 0.747 bits per heavy atom. The molecule has 8 N–H and O–H groups in total. The highest BCUT2D eigenvalue weighted by Gasteiger charge is 2.50. The van der Waals surface area contributed by atoms with Crippen molar-refractivity contribution in [2.75, 3.05) is 79.9 Å². The lowest BCUT2D eigenvalue weighted by molar-refractivity contribution is -0.132. The van der Waals surface area contributed by atoms with Gasteiger partial charge in [0.25, 0.3) is 0 Å². The molecule has 0 spiro atoms. The van der Waals surface area contributed by atoms with Gasteiger partial charge >= 0.3 is 12.1 Å². The van der Waals surface area contributed by atoms with Crippen molar-refractivity contribution in [1.29, 1.82) is 0 Å². The van der Waals surface area contributed by atoms with Crippen LogP contribution in [0, 0.1) is 17.0 Å². The molecule has 27 heteroatoms. The van der Waals surface area contributed by atoms with Crippen LogP contribution >= 0.6 is 11.8 Å². The van der Waals surface area contributed by atoms with Crippen LogP contribution in [0.4, 0.5) is 18.4 Å². The van der Waals surface area contributed by atoms with Crippen LogP contribution < -0.4 is 42.5 Å². The summed E-state index contributed by atoms with van der Waals surface area (Å²) in [5.74, 6) is -4.25. The summed E-state index contributed by atoms with van der Waals surface area (Å²) in [5, 5.41) is 28.9. The summed E-state index contributed by atoms with van der Waals surface area (Å²) >= 11 is 1.06. The number of urea groups is 1. The van der Waals surface area contributed by atoms with E-state index in [9.17, 15) is 47.5 Å². The van der Waals surface area contributed by atoms with Gasteiger partial charge in [0.2, 0.25) is 29.5 Å². The molecule has 3 rings (SSSR count). The Hall–Kier alpha value is -6.65. The van der Waals surface area contributed by atoms with E-state index in [-0.39, 0.29) is 111 Å². The molecule has 0 saturated heterocycles. The van der Waals surface area contributed by atoms with E-state index in [0.29, 0.717) is 24.8 Å². The number of hydroxylamine groups is 2. The van der Waals surface area contributed by atoms with Gasteiger partial charge in [0, 0.05) is 70.6 Å². The van der Waals surface area contributed by atoms with Crippen LogP contribution in [0.2, 0.25) is 0 Å². The molecule has 0 fully saturated rings. The number of ketones is 2. The van der Waals surface area contributed by atoms with Gasteiger partial charge < -0.3 is 46.1 Å². The highest BCUT2D eigenvalue weighted by atomic mass is 32.2. The Morgan fingerprint density at radius 3 is 1.98 bits per heavy atom. The van der Waals surface area contributed by atoms with E-state index < -0.39 is 101 Å². The summed E-state index contributed by atoms with van der Waals surface area (Å²) in [4.78, 5) is 122. The molecule has 0 saturated carbocycles. The van der Waals surface area contributed by atoms with E-state index in [2.05, 4.69) is 47.6 Å². The lowest BCUT2D eigenvalue weighted by Crippen LogP contribution is -2.63. The average Bonchev–Trinajstić information content (AvgIpc) is 1.67. The Labute approximate surface area is 514 Å². The second-order valence-corrected chi connectivity index (χ2v) is 25.1. The number of carbonyl (C=O) groups is 9. The van der Waals surface area contributed by atoms with Crippen LogP contribution in [0.5, 0.6) is 0 Å². The fourth-order valence-electron chi connectivity index (χ4n) is 8.77. The molecule has 0 aliphatic carbocycles. The third-order valence-corrected chi connectivity index (χ3v) is 15.3. The first-order chi connectivity index (χ1) is 40.8. The van der Waals surface area contributed by atoms with Crippen LogP contribution in [0.1, 0.15) is 139 Å². The van der Waals surface area contributed by atoms with Crippen molar-refractivity contribution < 1.29 is 71.0 Å². The maximum Gasteiger partial charge on any atom is 0.407 e. The van der Waals surface area contributed by atoms with Crippen molar-refractivity contribution in [3.63, 3.8) is 0 Å². The fourth-order valence-corrected chi connectivity index (χ4v) is 10.2. The molecule has 2 aromatic carbocycles. The highest BCUT2D eigenvalue weighted by Crippen LogP contribution is 2.51. The zero-order chi connectivity index (χ0) is 65.2. The molecule has 0 radical (unpaired) electrons. The first kappa shape index (κ1) is 74.6. The van der Waals surface area contributed by atoms with Crippen molar-refractivity contribution in [1.82, 2.24) is 52.6 Å². The number of rotatable bonds is 37. The van der Waals surface area contributed by atoms with Crippen molar-refractivity contribution in [2.24, 2.45) is 10.5 Å². The van der Waals surface area contributed by atoms with Crippen LogP contribution in [0.3, 0.4) is 0 Å². The lowest BCUT2D eigenvalue weighted by atomic mass is 9.87. The maximum absolute atomic E-state index is 15.0. The number of hydrogen-bond acceptors (Lipinski definition) is 17. The number of nitrogens with one attached hydrogen (secondary N) is 8. The van der Waals surface area contributed by atoms with Crippen molar-refractivity contribution in [3.8, 4) is 0 Å². The van der Waals surface area contributed by atoms with E-state index >= 15 is 4.39 Å². The van der Waals surface area contributed by atoms with Gasteiger partial charge in [-0.05, 0) is 96.4 Å². The molecule has 486 valence electrons. The predicted molar refractivity (Wildman–Crippen MR) is 326 cm³/mol. The van der Waals surface area contributed by atoms with E-state index in [1.807, 2.05) is 48.5 Å². The summed E-state index contributed by atoms with van der Waals surface area (Å²) in [6.07, 6.45) is 0.988. The molecule has 87 heavy (non-hydrogen) atoms. The lowest BCUT2D eigenvalue weighted by Gasteiger charge is -2.37. The highest BCUT2D eigenvalue weighted by molar-refractivity contribution is 8.15. The minimum absolute atomic E-state index is 0.00941. The topological polar surface area (TPSA) is 306 Å². The third-order valence-electron chi connectivity index (χ3n) is 13.8. The fraction of sp³-hybridized carbons (Fsp3) is 0.633. The van der Waals surface area contributed by atoms with Gasteiger partial charge in [-0.25, -0.2) is 23.4 Å². The number of amides is 8. The molecule has 2 aromatic rings. The van der Waals surface area contributed by atoms with Crippen molar-refractivity contribution in [2.45, 2.75) is 161 Å². The minimum Gasteiger partial charge on any atom is -0.447 e. The summed E-state index contributed by atoms with van der Waals surface area (Å²) in [6, 6.07) is 9.42. The number of nitrogens with zero attached hydrogens (tertiary/aromatic N) is 3. The standard InChI is InChI=1S/C60H93F2N11O13S/c1-14-26-59(11,46(74)24-29-64-49(77)34-56(4,5)6)68-35-47(75)58(10,15-2)70-45(52(80)69-40(3)36-86-57(7,8)9)37-85-54(81)67-30-25-48(76)65-31-32-66-51(79)39-84-38-50(78)63-28-19-27-60(41-20-17-16-18-21-41)73(55(82)72(12)83-13)71-53(87-60)43-33-42(61)22-23-44(43)62/h16-18,20-23,33,40,45,68,70H,14-15,19,24-32,34-39H2,1-13H3,(H,63,78)(H,64,77)(H,65,76)(H,66,79)(H,67,81)(H,69,80)/t40?,45?,58?,59?,60-/m0/s1. The average molecular weight is 1250 g/mol. The van der Waals surface area contributed by atoms with E-state index in [1.54, 1.807) is 58.0 Å². The zero-order valence-electron chi connectivity index (χ0n) is 52.8. The second-order valence-electron chi connectivity index (χ2n) is 23.8. The Morgan fingerprint density at radius 2 is 1.37 bits per heavy atom. The van der Waals surface area contributed by atoms with Gasteiger partial charge in [-0.15, -0.1) is 0 Å². The van der Waals surface area contributed by atoms with Gasteiger partial charge in [-0.3, -0.25) is 49.0 Å². The molecular formula is C60H93F2N11O13S. The number of thioether (sulfide) groups is 1. The van der Waals surface area contributed by atoms with Crippen LogP contribution in [0.25, 0.3) is 0 Å². The molecule has 8 amide bonds. The number of hydrogen-bond donors (Lipinski definition) is 8. The summed E-state index contributed by atoms with van der Waals surface area (Å²) in [7, 11) is 2.68. The molecule has 4 unspecified atom stereocenters. The molecule has 1 aliphatic rings. The van der Waals surface area contributed by atoms with Crippen molar-refractivity contribution >= 4 is 70.0 Å². The monoisotopic (exact) mass is 1250 g/mol. The molecule has 5 atom stereocenters. The Kier molecular flexibility index (Phi) is 30.3. The molecular weight excluding hydrogens is 1150 g/mol. The maximum atomic E-state index is 15.0. The van der Waals surface area contributed by atoms with E-state index in [4.69, 9.17) is 19.0 Å². The first-order valence-corrected chi connectivity index (χ1v) is 30.1. The zero-order valence-corrected chi connectivity index (χ0v) is 53.6. The second kappa shape index (κ2) is 35.4. The SMILES string of the molecule is CCCC(C)(NCC(=O)C(C)(CC)NC(COC(=O)NCCC(=O)NCCNC(=O)COCC(=O)NCCC[C@@]1(c2ccccc2)SC(c2cc(F)ccc2F)=NN1C(=O)N(C)OC)C(=O)NC(C)COC(C)(C)C)C(=O)CCNC(=O)CC(C)(C)C. The molecule has 0 bridgehead atoms. The number of alkyl carbamates (subject to hydrolysis) is 1. The number of carbonyl (C=O) groups excluding carboxylic acids is 9. The Bertz CT molecular complexity index is 2680. The molecule has 1 heterocycles. The summed E-state index contributed by atoms with van der Waals surface area (Å²) in [6.45, 7) is 18.8. The first-order valence-electron chi connectivity index (χ1n) is 29.3. The van der Waals surface area contributed by atoms with Gasteiger partial charge in [0.1, 0.15) is 47.4 Å². The Balaban J connectivity index is 1.46. The molecule has 24 nitrogen and oxygen atoms in total. The third kappa shape index (κ3) is 25.5. The number of ether oxygens (including phenoxy) is 3. The number of hydrazone groups is 1. The van der Waals surface area contributed by atoms with Crippen LogP contribution in [-0.2, 0) is 57.5 Å². The van der Waals surface area contributed by atoms with Gasteiger partial charge in [0.15, 0.2) is 11.6 Å². The normalized spacial score (nSPS) is 16.2. The minimum atomic E-state index is -1.34. The van der Waals surface area contributed by atoms with E-state index in [1.165, 1.54) is 14.2 Å². The quantitative estimate of drug-likeness (QED) is 0.0323. The summed E-state index contributed by atoms with van der Waals surface area (Å²) in [5.41, 5.74) is -2.64. The van der Waals surface area contributed by atoms with Gasteiger partial charge in [-0.1, -0.05) is 83.1 Å². The van der Waals surface area contributed by atoms with Crippen LogP contribution in [0.15, 0.2) is 53.6 Å². The molecule has 1 aliphatic heterocycles. The largest absolute Gasteiger partial charge is 0.447 e. The van der Waals surface area contributed by atoms with Crippen LogP contribution in [-0.4, -0.2) is 177 Å². The molecule has 0 aromatic heterocycles. The smallest absolute Gasteiger partial charge is 0.407 e. The predicted octanol–water partition coefficient (Wildman–Crippen LogP) is 5.08.